The van der Waals surface area contributed by atoms with E-state index in [1.54, 1.807) is 29.2 Å². The van der Waals surface area contributed by atoms with Crippen molar-refractivity contribution in [3.63, 3.8) is 0 Å². The predicted octanol–water partition coefficient (Wildman–Crippen LogP) is 1.95. The third-order valence-corrected chi connectivity index (χ3v) is 8.14. The SMILES string of the molecule is COc1cc(C(=O)NC(=Cc2cn(S(=O)(=O)N(C)C)c3ccccc23)C(=O)N2CCOCC2)cc(OC)c1OC. The fraction of sp³-hybridized carbons (Fsp3) is 0.333. The van der Waals surface area contributed by atoms with Crippen LogP contribution in [0.3, 0.4) is 0 Å². The molecule has 1 saturated heterocycles. The number of nitrogens with one attached hydrogen (secondary N) is 1. The quantitative estimate of drug-likeness (QED) is 0.386. The average Bonchev–Trinajstić information content (AvgIpc) is 3.34. The second kappa shape index (κ2) is 12.0. The number of methoxy groups -OCH3 is 3. The Morgan fingerprint density at radius 3 is 2.20 bits per heavy atom. The number of benzene rings is 2. The van der Waals surface area contributed by atoms with E-state index in [2.05, 4.69) is 5.32 Å². The number of hydrogen-bond acceptors (Lipinski definition) is 8. The molecule has 0 atom stereocenters. The van der Waals surface area contributed by atoms with Gasteiger partial charge in [-0.2, -0.15) is 12.7 Å². The Labute approximate surface area is 232 Å². The van der Waals surface area contributed by atoms with Gasteiger partial charge in [0.15, 0.2) is 11.5 Å². The van der Waals surface area contributed by atoms with Gasteiger partial charge in [-0.3, -0.25) is 9.59 Å². The Kier molecular flexibility index (Phi) is 8.67. The molecule has 214 valence electrons. The number of morpholine rings is 1. The molecule has 0 spiro atoms. The molecule has 2 amide bonds. The summed E-state index contributed by atoms with van der Waals surface area (Å²) in [5.41, 5.74) is 0.984. The third kappa shape index (κ3) is 5.62. The van der Waals surface area contributed by atoms with Crippen LogP contribution in [-0.4, -0.2) is 95.1 Å². The molecule has 4 rings (SSSR count). The molecule has 1 aromatic heterocycles. The van der Waals surface area contributed by atoms with E-state index in [4.69, 9.17) is 18.9 Å². The van der Waals surface area contributed by atoms with Crippen molar-refractivity contribution in [1.82, 2.24) is 18.5 Å². The second-order valence-electron chi connectivity index (χ2n) is 9.02. The first-order chi connectivity index (χ1) is 19.1. The van der Waals surface area contributed by atoms with Crippen molar-refractivity contribution in [1.29, 1.82) is 0 Å². The number of para-hydroxylation sites is 1. The largest absolute Gasteiger partial charge is 0.493 e. The number of carbonyl (C=O) groups excluding carboxylic acids is 2. The predicted molar refractivity (Wildman–Crippen MR) is 149 cm³/mol. The number of ether oxygens (including phenoxy) is 4. The summed E-state index contributed by atoms with van der Waals surface area (Å²) >= 11 is 0. The summed E-state index contributed by atoms with van der Waals surface area (Å²) in [5.74, 6) is -0.173. The van der Waals surface area contributed by atoms with Gasteiger partial charge in [0, 0.05) is 49.9 Å². The summed E-state index contributed by atoms with van der Waals surface area (Å²) in [6.45, 7) is 1.40. The molecule has 1 fully saturated rings. The molecule has 3 aromatic rings. The Morgan fingerprint density at radius 1 is 1.00 bits per heavy atom. The van der Waals surface area contributed by atoms with Crippen LogP contribution in [0, 0.1) is 0 Å². The van der Waals surface area contributed by atoms with Crippen LogP contribution in [0.25, 0.3) is 17.0 Å². The number of amides is 2. The highest BCUT2D eigenvalue weighted by Gasteiger charge is 2.26. The summed E-state index contributed by atoms with van der Waals surface area (Å²) in [6.07, 6.45) is 2.91. The van der Waals surface area contributed by atoms with Crippen molar-refractivity contribution < 1.29 is 37.0 Å². The molecule has 0 radical (unpaired) electrons. The van der Waals surface area contributed by atoms with Crippen LogP contribution < -0.4 is 19.5 Å². The first-order valence-electron chi connectivity index (χ1n) is 12.4. The minimum atomic E-state index is -3.87. The summed E-state index contributed by atoms with van der Waals surface area (Å²) in [5, 5.41) is 3.31. The first kappa shape index (κ1) is 28.9. The molecule has 0 aliphatic carbocycles. The van der Waals surface area contributed by atoms with Gasteiger partial charge in [-0.25, -0.2) is 3.97 Å². The van der Waals surface area contributed by atoms with Gasteiger partial charge in [0.25, 0.3) is 11.8 Å². The van der Waals surface area contributed by atoms with Crippen molar-refractivity contribution in [2.24, 2.45) is 0 Å². The smallest absolute Gasteiger partial charge is 0.307 e. The van der Waals surface area contributed by atoms with Crippen molar-refractivity contribution in [3.8, 4) is 17.2 Å². The normalized spacial score (nSPS) is 14.3. The van der Waals surface area contributed by atoms with E-state index in [-0.39, 0.29) is 22.8 Å². The maximum atomic E-state index is 13.6. The lowest BCUT2D eigenvalue weighted by atomic mass is 10.1. The van der Waals surface area contributed by atoms with E-state index in [0.717, 1.165) is 8.28 Å². The first-order valence-corrected chi connectivity index (χ1v) is 13.7. The lowest BCUT2D eigenvalue weighted by Gasteiger charge is -2.28. The standard InChI is InChI=1S/C27H32N4O8S/c1-29(2)40(34,35)31-17-19(20-8-6-7-9-22(20)31)14-21(27(33)30-10-12-39-13-11-30)28-26(32)18-15-23(36-3)25(38-5)24(16-18)37-4/h6-9,14-17H,10-13H2,1-5H3,(H,28,32). The number of fused-ring (bicyclic) bond motifs is 1. The number of carbonyl (C=O) groups is 2. The topological polar surface area (TPSA) is 129 Å². The molecule has 12 nitrogen and oxygen atoms in total. The highest BCUT2D eigenvalue weighted by molar-refractivity contribution is 7.87. The zero-order chi connectivity index (χ0) is 29.0. The van der Waals surface area contributed by atoms with E-state index in [1.165, 1.54) is 59.8 Å². The Bertz CT molecular complexity index is 1530. The van der Waals surface area contributed by atoms with Gasteiger partial charge in [0.2, 0.25) is 5.75 Å². The highest BCUT2D eigenvalue weighted by Crippen LogP contribution is 2.38. The van der Waals surface area contributed by atoms with E-state index >= 15 is 0 Å². The number of hydrogen-bond donors (Lipinski definition) is 1. The summed E-state index contributed by atoms with van der Waals surface area (Å²) in [6, 6.07) is 9.87. The van der Waals surface area contributed by atoms with Crippen molar-refractivity contribution in [2.75, 3.05) is 61.7 Å². The molecule has 0 unspecified atom stereocenters. The van der Waals surface area contributed by atoms with E-state index < -0.39 is 22.0 Å². The van der Waals surface area contributed by atoms with Gasteiger partial charge in [0.1, 0.15) is 5.70 Å². The molecular weight excluding hydrogens is 540 g/mol. The molecule has 0 saturated carbocycles. The Balaban J connectivity index is 1.82. The van der Waals surface area contributed by atoms with Crippen LogP contribution >= 0.6 is 0 Å². The highest BCUT2D eigenvalue weighted by atomic mass is 32.2. The fourth-order valence-electron chi connectivity index (χ4n) is 4.31. The van der Waals surface area contributed by atoms with Crippen LogP contribution in [0.2, 0.25) is 0 Å². The van der Waals surface area contributed by atoms with E-state index in [1.807, 2.05) is 0 Å². The van der Waals surface area contributed by atoms with Gasteiger partial charge >= 0.3 is 10.2 Å². The van der Waals surface area contributed by atoms with Gasteiger partial charge in [-0.05, 0) is 24.3 Å². The summed E-state index contributed by atoms with van der Waals surface area (Å²) in [4.78, 5) is 28.7. The van der Waals surface area contributed by atoms with Crippen LogP contribution in [-0.2, 0) is 19.7 Å². The minimum Gasteiger partial charge on any atom is -0.493 e. The summed E-state index contributed by atoms with van der Waals surface area (Å²) in [7, 11) is 3.33. The molecule has 1 aliphatic heterocycles. The molecule has 40 heavy (non-hydrogen) atoms. The van der Waals surface area contributed by atoms with E-state index in [0.29, 0.717) is 48.5 Å². The van der Waals surface area contributed by atoms with Crippen LogP contribution in [0.5, 0.6) is 17.2 Å². The number of nitrogens with zero attached hydrogens (tertiary/aromatic N) is 3. The monoisotopic (exact) mass is 572 g/mol. The van der Waals surface area contributed by atoms with E-state index in [9.17, 15) is 18.0 Å². The maximum Gasteiger partial charge on any atom is 0.307 e. The van der Waals surface area contributed by atoms with Crippen LogP contribution in [0.4, 0.5) is 0 Å². The maximum absolute atomic E-state index is 13.6. The van der Waals surface area contributed by atoms with Gasteiger partial charge < -0.3 is 29.2 Å². The lowest BCUT2D eigenvalue weighted by Crippen LogP contribution is -2.44. The minimum absolute atomic E-state index is 0.0363. The molecule has 1 aliphatic rings. The number of aromatic nitrogens is 1. The fourth-order valence-corrected chi connectivity index (χ4v) is 5.31. The van der Waals surface area contributed by atoms with Crippen LogP contribution in [0.1, 0.15) is 15.9 Å². The van der Waals surface area contributed by atoms with Gasteiger partial charge in [-0.15, -0.1) is 0 Å². The Morgan fingerprint density at radius 2 is 1.62 bits per heavy atom. The van der Waals surface area contributed by atoms with Crippen LogP contribution in [0.15, 0.2) is 48.3 Å². The molecule has 0 bridgehead atoms. The third-order valence-electron chi connectivity index (χ3n) is 6.42. The molecule has 2 aromatic carbocycles. The lowest BCUT2D eigenvalue weighted by molar-refractivity contribution is -0.131. The van der Waals surface area contributed by atoms with Gasteiger partial charge in [0.05, 0.1) is 40.1 Å². The Hall–Kier alpha value is -4.07. The number of rotatable bonds is 9. The molecular formula is C27H32N4O8S. The average molecular weight is 573 g/mol. The zero-order valence-corrected chi connectivity index (χ0v) is 23.8. The van der Waals surface area contributed by atoms with Gasteiger partial charge in [-0.1, -0.05) is 18.2 Å². The van der Waals surface area contributed by atoms with Crippen molar-refractivity contribution in [3.05, 3.63) is 59.4 Å². The molecule has 2 heterocycles. The van der Waals surface area contributed by atoms with Crippen molar-refractivity contribution in [2.45, 2.75) is 0 Å². The zero-order valence-electron chi connectivity index (χ0n) is 23.0. The molecule has 13 heteroatoms. The van der Waals surface area contributed by atoms with Crippen molar-refractivity contribution >= 4 is 39.0 Å². The summed E-state index contributed by atoms with van der Waals surface area (Å²) < 4.78 is 49.8. The molecule has 1 N–H and O–H groups in total. The second-order valence-corrected chi connectivity index (χ2v) is 11.0.